The molecule has 0 radical (unpaired) electrons. The van der Waals surface area contributed by atoms with Crippen molar-refractivity contribution in [1.82, 2.24) is 10.2 Å². The number of carbonyl (C=O) groups is 2. The molecule has 28 heavy (non-hydrogen) atoms. The fourth-order valence-electron chi connectivity index (χ4n) is 4.20. The molecular weight excluding hydrogens is 395 g/mol. The van der Waals surface area contributed by atoms with E-state index in [2.05, 4.69) is 5.32 Å². The Balaban J connectivity index is 0.00000225. The molecule has 2 heterocycles. The number of halogens is 2. The van der Waals surface area contributed by atoms with Crippen molar-refractivity contribution in [3.8, 4) is 0 Å². The highest BCUT2D eigenvalue weighted by Gasteiger charge is 2.38. The predicted molar refractivity (Wildman–Crippen MR) is 114 cm³/mol. The second kappa shape index (κ2) is 8.64. The summed E-state index contributed by atoms with van der Waals surface area (Å²) in [6, 6.07) is 13.9. The second-order valence-electron chi connectivity index (χ2n) is 7.60. The van der Waals surface area contributed by atoms with Crippen molar-refractivity contribution in [1.29, 1.82) is 0 Å². The van der Waals surface area contributed by atoms with Crippen LogP contribution >= 0.6 is 24.0 Å². The number of rotatable bonds is 3. The number of likely N-dealkylation sites (tertiary alicyclic amines) is 1. The largest absolute Gasteiger partial charge is 0.339 e. The van der Waals surface area contributed by atoms with Gasteiger partial charge in [0, 0.05) is 35.8 Å². The Hall–Kier alpha value is -1.88. The molecule has 2 saturated heterocycles. The summed E-state index contributed by atoms with van der Waals surface area (Å²) in [5.41, 5.74) is 1.83. The van der Waals surface area contributed by atoms with Crippen molar-refractivity contribution in [2.24, 2.45) is 5.41 Å². The van der Waals surface area contributed by atoms with Crippen LogP contribution in [0.25, 0.3) is 0 Å². The Morgan fingerprint density at radius 3 is 2.18 bits per heavy atom. The summed E-state index contributed by atoms with van der Waals surface area (Å²) in [5, 5.41) is 4.03. The zero-order chi connectivity index (χ0) is 18.9. The van der Waals surface area contributed by atoms with Crippen LogP contribution < -0.4 is 5.32 Å². The highest BCUT2D eigenvalue weighted by molar-refractivity contribution is 6.30. The summed E-state index contributed by atoms with van der Waals surface area (Å²) in [5.74, 6) is -0.196. The molecule has 2 aliphatic heterocycles. The van der Waals surface area contributed by atoms with E-state index in [1.54, 1.807) is 42.5 Å². The van der Waals surface area contributed by atoms with Gasteiger partial charge in [-0.3, -0.25) is 9.59 Å². The maximum atomic E-state index is 13.2. The van der Waals surface area contributed by atoms with Gasteiger partial charge in [0.15, 0.2) is 5.78 Å². The molecule has 2 aromatic rings. The molecule has 1 amide bonds. The lowest BCUT2D eigenvalue weighted by atomic mass is 9.77. The van der Waals surface area contributed by atoms with Crippen molar-refractivity contribution < 1.29 is 9.59 Å². The standard InChI is InChI=1S/C22H23ClN2O2.ClH/c23-17-7-5-16(6-8-17)20(26)18-3-1-2-4-19(18)21(27)25-13-10-22(11-14-25)9-12-24-15-22;/h1-8,24H,9-15H2;1H. The van der Waals surface area contributed by atoms with E-state index in [1.165, 1.54) is 6.42 Å². The van der Waals surface area contributed by atoms with Crippen LogP contribution in [0, 0.1) is 5.41 Å². The van der Waals surface area contributed by atoms with E-state index in [0.717, 1.165) is 39.0 Å². The zero-order valence-corrected chi connectivity index (χ0v) is 17.2. The molecule has 0 saturated carbocycles. The van der Waals surface area contributed by atoms with E-state index in [4.69, 9.17) is 11.6 Å². The van der Waals surface area contributed by atoms with Crippen molar-refractivity contribution in [3.63, 3.8) is 0 Å². The number of carbonyl (C=O) groups excluding carboxylic acids is 2. The third-order valence-electron chi connectivity index (χ3n) is 5.95. The zero-order valence-electron chi connectivity index (χ0n) is 15.6. The van der Waals surface area contributed by atoms with Gasteiger partial charge in [-0.25, -0.2) is 0 Å². The van der Waals surface area contributed by atoms with E-state index in [1.807, 2.05) is 11.0 Å². The first-order valence-electron chi connectivity index (χ1n) is 9.47. The molecule has 2 aromatic carbocycles. The van der Waals surface area contributed by atoms with E-state index < -0.39 is 0 Å². The molecule has 6 heteroatoms. The van der Waals surface area contributed by atoms with Crippen LogP contribution in [0.2, 0.25) is 5.02 Å². The van der Waals surface area contributed by atoms with Gasteiger partial charge < -0.3 is 10.2 Å². The minimum absolute atomic E-state index is 0. The highest BCUT2D eigenvalue weighted by Crippen LogP contribution is 2.37. The molecular formula is C22H24Cl2N2O2. The average molecular weight is 419 g/mol. The van der Waals surface area contributed by atoms with Crippen molar-refractivity contribution >= 4 is 35.7 Å². The molecule has 2 fully saturated rings. The fourth-order valence-corrected chi connectivity index (χ4v) is 4.33. The number of hydrogen-bond donors (Lipinski definition) is 1. The third-order valence-corrected chi connectivity index (χ3v) is 6.20. The Bertz CT molecular complexity index is 851. The molecule has 1 N–H and O–H groups in total. The Kier molecular flexibility index (Phi) is 6.43. The highest BCUT2D eigenvalue weighted by atomic mass is 35.5. The van der Waals surface area contributed by atoms with Crippen molar-refractivity contribution in [2.45, 2.75) is 19.3 Å². The second-order valence-corrected chi connectivity index (χ2v) is 8.04. The number of hydrogen-bond acceptors (Lipinski definition) is 3. The van der Waals surface area contributed by atoms with Crippen molar-refractivity contribution in [2.75, 3.05) is 26.2 Å². The molecule has 148 valence electrons. The molecule has 2 aliphatic rings. The summed E-state index contributed by atoms with van der Waals surface area (Å²) < 4.78 is 0. The Morgan fingerprint density at radius 2 is 1.57 bits per heavy atom. The van der Waals surface area contributed by atoms with Gasteiger partial charge in [0.2, 0.25) is 0 Å². The normalized spacial score (nSPS) is 18.0. The molecule has 0 aliphatic carbocycles. The third kappa shape index (κ3) is 4.09. The first kappa shape index (κ1) is 20.8. The first-order valence-corrected chi connectivity index (χ1v) is 9.85. The van der Waals surface area contributed by atoms with Gasteiger partial charge in [0.25, 0.3) is 5.91 Å². The minimum Gasteiger partial charge on any atom is -0.339 e. The topological polar surface area (TPSA) is 49.4 Å². The molecule has 0 aromatic heterocycles. The van der Waals surface area contributed by atoms with Gasteiger partial charge in [-0.1, -0.05) is 29.8 Å². The van der Waals surface area contributed by atoms with E-state index in [-0.39, 0.29) is 24.1 Å². The summed E-state index contributed by atoms with van der Waals surface area (Å²) in [6.45, 7) is 3.64. The molecule has 4 rings (SSSR count). The van der Waals surface area contributed by atoms with Crippen LogP contribution in [0.5, 0.6) is 0 Å². The number of benzene rings is 2. The summed E-state index contributed by atoms with van der Waals surface area (Å²) in [7, 11) is 0. The summed E-state index contributed by atoms with van der Waals surface area (Å²) in [4.78, 5) is 28.0. The molecule has 1 spiro atoms. The maximum absolute atomic E-state index is 13.2. The predicted octanol–water partition coefficient (Wildman–Crippen LogP) is 4.21. The van der Waals surface area contributed by atoms with Gasteiger partial charge in [0.05, 0.1) is 5.56 Å². The Morgan fingerprint density at radius 1 is 0.929 bits per heavy atom. The number of amides is 1. The van der Waals surface area contributed by atoms with Crippen LogP contribution in [-0.4, -0.2) is 42.8 Å². The quantitative estimate of drug-likeness (QED) is 0.759. The van der Waals surface area contributed by atoms with Crippen LogP contribution in [0.1, 0.15) is 45.5 Å². The number of nitrogens with zero attached hydrogens (tertiary/aromatic N) is 1. The number of ketones is 1. The minimum atomic E-state index is -0.149. The smallest absolute Gasteiger partial charge is 0.254 e. The molecule has 0 unspecified atom stereocenters. The lowest BCUT2D eigenvalue weighted by Gasteiger charge is -2.39. The lowest BCUT2D eigenvalue weighted by molar-refractivity contribution is 0.0605. The van der Waals surface area contributed by atoms with E-state index >= 15 is 0 Å². The van der Waals surface area contributed by atoms with Gasteiger partial charge in [0.1, 0.15) is 0 Å². The SMILES string of the molecule is Cl.O=C(c1ccc(Cl)cc1)c1ccccc1C(=O)N1CCC2(CCNC2)CC1. The van der Waals surface area contributed by atoms with Gasteiger partial charge in [-0.05, 0) is 61.6 Å². The monoisotopic (exact) mass is 418 g/mol. The average Bonchev–Trinajstić information content (AvgIpc) is 3.16. The summed E-state index contributed by atoms with van der Waals surface area (Å²) >= 11 is 5.92. The van der Waals surface area contributed by atoms with Gasteiger partial charge in [-0.15, -0.1) is 12.4 Å². The van der Waals surface area contributed by atoms with Crippen LogP contribution in [0.3, 0.4) is 0 Å². The van der Waals surface area contributed by atoms with Gasteiger partial charge >= 0.3 is 0 Å². The number of nitrogens with one attached hydrogen (secondary N) is 1. The lowest BCUT2D eigenvalue weighted by Crippen LogP contribution is -2.44. The van der Waals surface area contributed by atoms with E-state index in [0.29, 0.717) is 27.1 Å². The van der Waals surface area contributed by atoms with Gasteiger partial charge in [-0.2, -0.15) is 0 Å². The van der Waals surface area contributed by atoms with E-state index in [9.17, 15) is 9.59 Å². The van der Waals surface area contributed by atoms with Crippen LogP contribution in [0.4, 0.5) is 0 Å². The summed E-state index contributed by atoms with van der Waals surface area (Å²) in [6.07, 6.45) is 3.25. The van der Waals surface area contributed by atoms with Crippen LogP contribution in [0.15, 0.2) is 48.5 Å². The fraction of sp³-hybridized carbons (Fsp3) is 0.364. The Labute approximate surface area is 176 Å². The van der Waals surface area contributed by atoms with Crippen LogP contribution in [-0.2, 0) is 0 Å². The molecule has 0 atom stereocenters. The first-order chi connectivity index (χ1) is 13.1. The molecule has 0 bridgehead atoms. The van der Waals surface area contributed by atoms with Crippen molar-refractivity contribution in [3.05, 3.63) is 70.2 Å². The molecule has 4 nitrogen and oxygen atoms in total. The maximum Gasteiger partial charge on any atom is 0.254 e. The number of piperidine rings is 1.